The van der Waals surface area contributed by atoms with E-state index in [1.807, 2.05) is 0 Å². The molecule has 1 aromatic carbocycles. The van der Waals surface area contributed by atoms with Gasteiger partial charge in [0.1, 0.15) is 0 Å². The van der Waals surface area contributed by atoms with Crippen molar-refractivity contribution in [3.8, 4) is 0 Å². The van der Waals surface area contributed by atoms with Gasteiger partial charge in [-0.05, 0) is 23.9 Å². The molecule has 0 aromatic heterocycles. The zero-order valence-electron chi connectivity index (χ0n) is 7.15. The molecule has 7 heteroatoms. The van der Waals surface area contributed by atoms with Gasteiger partial charge in [-0.2, -0.15) is 13.2 Å². The van der Waals surface area contributed by atoms with E-state index in [0.29, 0.717) is 14.9 Å². The molecule has 0 atom stereocenters. The molecule has 0 amide bonds. The lowest BCUT2D eigenvalue weighted by Crippen LogP contribution is -1.99. The van der Waals surface area contributed by atoms with E-state index in [0.717, 1.165) is 11.8 Å². The summed E-state index contributed by atoms with van der Waals surface area (Å²) in [6.45, 7) is 0. The molecule has 0 heterocycles. The average molecular weight is 293 g/mol. The molecule has 0 spiro atoms. The second-order valence-electron chi connectivity index (χ2n) is 2.40. The fourth-order valence-corrected chi connectivity index (χ4v) is 3.15. The molecule has 0 aliphatic rings. The number of rotatable bonds is 3. The van der Waals surface area contributed by atoms with Crippen molar-refractivity contribution >= 4 is 46.7 Å². The molecule has 0 fully saturated rings. The molecule has 1 aromatic rings. The Morgan fingerprint density at radius 3 is 2.13 bits per heavy atom. The zero-order chi connectivity index (χ0) is 11.5. The van der Waals surface area contributed by atoms with E-state index in [2.05, 4.69) is 0 Å². The SMILES string of the molecule is FC(F)(F)SCSc1c(Cl)cccc1Cl. The van der Waals surface area contributed by atoms with Crippen LogP contribution in [0, 0.1) is 0 Å². The van der Waals surface area contributed by atoms with E-state index in [4.69, 9.17) is 23.2 Å². The lowest BCUT2D eigenvalue weighted by molar-refractivity contribution is -0.0324. The van der Waals surface area contributed by atoms with Crippen LogP contribution in [0.25, 0.3) is 0 Å². The summed E-state index contributed by atoms with van der Waals surface area (Å²) in [7, 11) is 0. The van der Waals surface area contributed by atoms with Crippen LogP contribution in [0.2, 0.25) is 10.0 Å². The normalized spacial score (nSPS) is 11.8. The molecule has 0 aliphatic carbocycles. The largest absolute Gasteiger partial charge is 0.442 e. The molecule has 0 bridgehead atoms. The summed E-state index contributed by atoms with van der Waals surface area (Å²) < 4.78 is 35.5. The van der Waals surface area contributed by atoms with Crippen LogP contribution in [0.3, 0.4) is 0 Å². The fourth-order valence-electron chi connectivity index (χ4n) is 0.776. The van der Waals surface area contributed by atoms with Gasteiger partial charge in [-0.15, -0.1) is 11.8 Å². The van der Waals surface area contributed by atoms with Gasteiger partial charge in [-0.1, -0.05) is 29.3 Å². The first-order chi connectivity index (χ1) is 6.90. The Morgan fingerprint density at radius 2 is 1.67 bits per heavy atom. The number of hydrogen-bond donors (Lipinski definition) is 0. The summed E-state index contributed by atoms with van der Waals surface area (Å²) in [4.78, 5) is 0.484. The van der Waals surface area contributed by atoms with Crippen LogP contribution < -0.4 is 0 Å². The van der Waals surface area contributed by atoms with E-state index >= 15 is 0 Å². The van der Waals surface area contributed by atoms with Gasteiger partial charge in [0, 0.05) is 4.90 Å². The van der Waals surface area contributed by atoms with Crippen molar-refractivity contribution in [3.63, 3.8) is 0 Å². The number of thioether (sulfide) groups is 2. The van der Waals surface area contributed by atoms with E-state index in [1.54, 1.807) is 18.2 Å². The predicted molar refractivity (Wildman–Crippen MR) is 60.8 cm³/mol. The molecule has 0 radical (unpaired) electrons. The van der Waals surface area contributed by atoms with Crippen molar-refractivity contribution in [2.75, 3.05) is 5.08 Å². The van der Waals surface area contributed by atoms with E-state index in [1.165, 1.54) is 0 Å². The Labute approximate surface area is 104 Å². The molecule has 0 N–H and O–H groups in total. The van der Waals surface area contributed by atoms with Crippen LogP contribution in [-0.2, 0) is 0 Å². The van der Waals surface area contributed by atoms with Gasteiger partial charge in [0.15, 0.2) is 0 Å². The van der Waals surface area contributed by atoms with E-state index in [-0.39, 0.29) is 16.8 Å². The Morgan fingerprint density at radius 1 is 1.13 bits per heavy atom. The highest BCUT2D eigenvalue weighted by Crippen LogP contribution is 2.39. The van der Waals surface area contributed by atoms with Crippen molar-refractivity contribution in [1.29, 1.82) is 0 Å². The second-order valence-corrected chi connectivity index (χ2v) is 5.61. The van der Waals surface area contributed by atoms with Crippen molar-refractivity contribution in [1.82, 2.24) is 0 Å². The maximum atomic E-state index is 11.8. The topological polar surface area (TPSA) is 0 Å². The molecular weight excluding hydrogens is 288 g/mol. The third-order valence-electron chi connectivity index (χ3n) is 1.34. The highest BCUT2D eigenvalue weighted by atomic mass is 35.5. The summed E-state index contributed by atoms with van der Waals surface area (Å²) in [5.41, 5.74) is -4.22. The summed E-state index contributed by atoms with van der Waals surface area (Å²) in [6, 6.07) is 4.83. The molecule has 0 aliphatic heterocycles. The van der Waals surface area contributed by atoms with Gasteiger partial charge in [0.25, 0.3) is 0 Å². The van der Waals surface area contributed by atoms with Gasteiger partial charge in [0.05, 0.1) is 15.1 Å². The highest BCUT2D eigenvalue weighted by Gasteiger charge is 2.28. The first-order valence-electron chi connectivity index (χ1n) is 3.67. The smallest absolute Gasteiger partial charge is 0.160 e. The van der Waals surface area contributed by atoms with Gasteiger partial charge in [-0.25, -0.2) is 0 Å². The number of hydrogen-bond acceptors (Lipinski definition) is 2. The maximum Gasteiger partial charge on any atom is 0.442 e. The van der Waals surface area contributed by atoms with Crippen molar-refractivity contribution in [2.45, 2.75) is 10.4 Å². The quantitative estimate of drug-likeness (QED) is 0.548. The van der Waals surface area contributed by atoms with Gasteiger partial charge < -0.3 is 0 Å². The molecular formula is C8H5Cl2F3S2. The van der Waals surface area contributed by atoms with Crippen LogP contribution in [0.1, 0.15) is 0 Å². The minimum atomic E-state index is -4.22. The molecule has 1 rings (SSSR count). The lowest BCUT2D eigenvalue weighted by Gasteiger charge is -2.07. The van der Waals surface area contributed by atoms with Crippen LogP contribution in [-0.4, -0.2) is 10.6 Å². The van der Waals surface area contributed by atoms with Crippen LogP contribution in [0.15, 0.2) is 23.1 Å². The highest BCUT2D eigenvalue weighted by molar-refractivity contribution is 8.16. The Kier molecular flexibility index (Phi) is 4.96. The van der Waals surface area contributed by atoms with Gasteiger partial charge >= 0.3 is 5.51 Å². The van der Waals surface area contributed by atoms with E-state index < -0.39 is 5.51 Å². The summed E-state index contributed by atoms with van der Waals surface area (Å²) >= 11 is 12.4. The summed E-state index contributed by atoms with van der Waals surface area (Å²) in [5, 5.41) is 0.581. The number of alkyl halides is 3. The third kappa shape index (κ3) is 4.76. The Bertz CT molecular complexity index is 321. The third-order valence-corrected chi connectivity index (χ3v) is 4.20. The minimum Gasteiger partial charge on any atom is -0.160 e. The molecule has 0 saturated heterocycles. The molecule has 0 saturated carbocycles. The summed E-state index contributed by atoms with van der Waals surface area (Å²) in [6.07, 6.45) is 0. The van der Waals surface area contributed by atoms with Crippen LogP contribution >= 0.6 is 46.7 Å². The Hall–Kier alpha value is 0.290. The fraction of sp³-hybridized carbons (Fsp3) is 0.250. The van der Waals surface area contributed by atoms with Gasteiger partial charge in [-0.3, -0.25) is 0 Å². The number of benzene rings is 1. The van der Waals surface area contributed by atoms with Crippen LogP contribution in [0.5, 0.6) is 0 Å². The predicted octanol–water partition coefficient (Wildman–Crippen LogP) is 5.30. The van der Waals surface area contributed by atoms with Crippen molar-refractivity contribution < 1.29 is 13.2 Å². The second kappa shape index (κ2) is 5.57. The Balaban J connectivity index is 2.58. The first-order valence-corrected chi connectivity index (χ1v) is 6.40. The molecule has 0 unspecified atom stereocenters. The summed E-state index contributed by atoms with van der Waals surface area (Å²) in [5.74, 6) is 0. The standard InChI is InChI=1S/C8H5Cl2F3S2/c9-5-2-1-3-6(10)7(5)14-4-15-8(11,12)13/h1-3H,4H2. The molecule has 0 nitrogen and oxygen atoms in total. The van der Waals surface area contributed by atoms with Crippen molar-refractivity contribution in [3.05, 3.63) is 28.2 Å². The molecule has 15 heavy (non-hydrogen) atoms. The zero-order valence-corrected chi connectivity index (χ0v) is 10.3. The van der Waals surface area contributed by atoms with Crippen LogP contribution in [0.4, 0.5) is 13.2 Å². The number of halogens is 5. The van der Waals surface area contributed by atoms with Gasteiger partial charge in [0.2, 0.25) is 0 Å². The maximum absolute atomic E-state index is 11.8. The molecule has 84 valence electrons. The average Bonchev–Trinajstić information content (AvgIpc) is 2.08. The monoisotopic (exact) mass is 292 g/mol. The van der Waals surface area contributed by atoms with E-state index in [9.17, 15) is 13.2 Å². The lowest BCUT2D eigenvalue weighted by atomic mass is 10.4. The first kappa shape index (κ1) is 13.4. The minimum absolute atomic E-state index is 0.109. The van der Waals surface area contributed by atoms with Crippen molar-refractivity contribution in [2.24, 2.45) is 0 Å².